The van der Waals surface area contributed by atoms with Crippen LogP contribution in [-0.2, 0) is 9.53 Å². The summed E-state index contributed by atoms with van der Waals surface area (Å²) in [6.07, 6.45) is 2.20. The molecular formula is C14H26N2O4. The minimum Gasteiger partial charge on any atom is -0.480 e. The van der Waals surface area contributed by atoms with E-state index in [-0.39, 0.29) is 12.1 Å². The highest BCUT2D eigenvalue weighted by atomic mass is 16.5. The first kappa shape index (κ1) is 16.8. The Bertz CT molecular complexity index is 361. The van der Waals surface area contributed by atoms with Gasteiger partial charge in [-0.15, -0.1) is 0 Å². The number of carboxylic acid groups (broad SMARTS) is 1. The SMILES string of the molecule is CCN(C(=O)N1CCCCC1(C)C(=O)O)C(C)COC. The van der Waals surface area contributed by atoms with E-state index in [1.54, 1.807) is 18.9 Å². The second-order valence-electron chi connectivity index (χ2n) is 5.56. The zero-order valence-corrected chi connectivity index (χ0v) is 12.9. The number of hydrogen-bond acceptors (Lipinski definition) is 3. The van der Waals surface area contributed by atoms with E-state index in [0.717, 1.165) is 12.8 Å². The number of hydrogen-bond donors (Lipinski definition) is 1. The van der Waals surface area contributed by atoms with Crippen molar-refractivity contribution in [2.24, 2.45) is 0 Å². The van der Waals surface area contributed by atoms with E-state index in [9.17, 15) is 14.7 Å². The molecule has 6 nitrogen and oxygen atoms in total. The van der Waals surface area contributed by atoms with E-state index in [1.807, 2.05) is 13.8 Å². The molecule has 1 aliphatic heterocycles. The van der Waals surface area contributed by atoms with Crippen LogP contribution in [0.1, 0.15) is 40.0 Å². The van der Waals surface area contributed by atoms with Gasteiger partial charge in [0.2, 0.25) is 0 Å². The monoisotopic (exact) mass is 286 g/mol. The molecule has 1 N–H and O–H groups in total. The lowest BCUT2D eigenvalue weighted by molar-refractivity contribution is -0.151. The molecule has 0 aliphatic carbocycles. The number of methoxy groups -OCH3 is 1. The second-order valence-corrected chi connectivity index (χ2v) is 5.56. The summed E-state index contributed by atoms with van der Waals surface area (Å²) in [6.45, 7) is 6.92. The fourth-order valence-corrected chi connectivity index (χ4v) is 2.77. The number of carbonyl (C=O) groups excluding carboxylic acids is 1. The number of rotatable bonds is 5. The Morgan fingerprint density at radius 1 is 1.45 bits per heavy atom. The summed E-state index contributed by atoms with van der Waals surface area (Å²) in [7, 11) is 1.59. The molecule has 0 aromatic heterocycles. The molecule has 0 aromatic rings. The van der Waals surface area contributed by atoms with Gasteiger partial charge in [0.1, 0.15) is 5.54 Å². The van der Waals surface area contributed by atoms with Crippen molar-refractivity contribution in [3.8, 4) is 0 Å². The van der Waals surface area contributed by atoms with Crippen molar-refractivity contribution >= 4 is 12.0 Å². The minimum atomic E-state index is -1.10. The molecule has 0 aromatic carbocycles. The van der Waals surface area contributed by atoms with E-state index < -0.39 is 11.5 Å². The number of likely N-dealkylation sites (N-methyl/N-ethyl adjacent to an activating group) is 1. The first-order valence-corrected chi connectivity index (χ1v) is 7.19. The van der Waals surface area contributed by atoms with Crippen LogP contribution < -0.4 is 0 Å². The van der Waals surface area contributed by atoms with Gasteiger partial charge in [0.25, 0.3) is 0 Å². The standard InChI is InChI=1S/C14H26N2O4/c1-5-15(11(2)10-20-4)13(19)16-9-7-6-8-14(16,3)12(17)18/h11H,5-10H2,1-4H3,(H,17,18). The van der Waals surface area contributed by atoms with Crippen molar-refractivity contribution in [3.05, 3.63) is 0 Å². The number of nitrogens with zero attached hydrogens (tertiary/aromatic N) is 2. The molecule has 6 heteroatoms. The number of carboxylic acids is 1. The van der Waals surface area contributed by atoms with Crippen molar-refractivity contribution in [1.82, 2.24) is 9.80 Å². The van der Waals surface area contributed by atoms with Crippen LogP contribution in [0, 0.1) is 0 Å². The molecule has 0 radical (unpaired) electrons. The maximum Gasteiger partial charge on any atom is 0.329 e. The van der Waals surface area contributed by atoms with Crippen LogP contribution in [0.15, 0.2) is 0 Å². The van der Waals surface area contributed by atoms with Crippen molar-refractivity contribution < 1.29 is 19.4 Å². The third-order valence-corrected chi connectivity index (χ3v) is 4.11. The summed E-state index contributed by atoms with van der Waals surface area (Å²) in [5.74, 6) is -0.930. The van der Waals surface area contributed by atoms with Crippen LogP contribution in [0.3, 0.4) is 0 Å². The zero-order chi connectivity index (χ0) is 15.3. The molecule has 2 amide bonds. The van der Waals surface area contributed by atoms with E-state index in [0.29, 0.717) is 26.1 Å². The third-order valence-electron chi connectivity index (χ3n) is 4.11. The maximum atomic E-state index is 12.7. The first-order chi connectivity index (χ1) is 9.38. The molecule has 0 spiro atoms. The van der Waals surface area contributed by atoms with Gasteiger partial charge in [0, 0.05) is 20.2 Å². The largest absolute Gasteiger partial charge is 0.480 e. The lowest BCUT2D eigenvalue weighted by atomic mass is 9.88. The smallest absolute Gasteiger partial charge is 0.329 e. The first-order valence-electron chi connectivity index (χ1n) is 7.19. The molecule has 2 atom stereocenters. The number of ether oxygens (including phenoxy) is 1. The van der Waals surface area contributed by atoms with Gasteiger partial charge in [-0.3, -0.25) is 0 Å². The normalized spacial score (nSPS) is 24.3. The van der Waals surface area contributed by atoms with Gasteiger partial charge >= 0.3 is 12.0 Å². The zero-order valence-electron chi connectivity index (χ0n) is 12.9. The van der Waals surface area contributed by atoms with Gasteiger partial charge < -0.3 is 19.6 Å². The number of carbonyl (C=O) groups is 2. The van der Waals surface area contributed by atoms with E-state index in [1.165, 1.54) is 4.90 Å². The van der Waals surface area contributed by atoms with Crippen molar-refractivity contribution in [2.75, 3.05) is 26.8 Å². The van der Waals surface area contributed by atoms with Gasteiger partial charge in [-0.1, -0.05) is 0 Å². The lowest BCUT2D eigenvalue weighted by Crippen LogP contribution is -2.61. The Balaban J connectivity index is 2.94. The molecule has 1 fully saturated rings. The summed E-state index contributed by atoms with van der Waals surface area (Å²) >= 11 is 0. The topological polar surface area (TPSA) is 70.1 Å². The van der Waals surface area contributed by atoms with Gasteiger partial charge in [-0.25, -0.2) is 9.59 Å². The number of piperidine rings is 1. The van der Waals surface area contributed by atoms with Crippen LogP contribution in [0.5, 0.6) is 0 Å². The molecule has 0 bridgehead atoms. The van der Waals surface area contributed by atoms with Gasteiger partial charge in [0.05, 0.1) is 12.6 Å². The summed E-state index contributed by atoms with van der Waals surface area (Å²) in [5.41, 5.74) is -1.10. The lowest BCUT2D eigenvalue weighted by Gasteiger charge is -2.44. The van der Waals surface area contributed by atoms with Crippen molar-refractivity contribution in [2.45, 2.75) is 51.6 Å². The molecule has 1 aliphatic rings. The average Bonchev–Trinajstić information content (AvgIpc) is 2.40. The number of aliphatic carboxylic acids is 1. The number of urea groups is 1. The van der Waals surface area contributed by atoms with Gasteiger partial charge in [0.15, 0.2) is 0 Å². The van der Waals surface area contributed by atoms with E-state index >= 15 is 0 Å². The second kappa shape index (κ2) is 6.92. The van der Waals surface area contributed by atoms with Crippen LogP contribution in [-0.4, -0.2) is 65.3 Å². The molecule has 1 heterocycles. The predicted octanol–water partition coefficient (Wildman–Crippen LogP) is 1.79. The fraction of sp³-hybridized carbons (Fsp3) is 0.857. The molecule has 0 saturated carbocycles. The number of likely N-dealkylation sites (tertiary alicyclic amines) is 1. The summed E-state index contributed by atoms with van der Waals surface area (Å²) in [6, 6.07) is -0.279. The Morgan fingerprint density at radius 2 is 2.10 bits per heavy atom. The molecule has 116 valence electrons. The summed E-state index contributed by atoms with van der Waals surface area (Å²) in [4.78, 5) is 27.4. The van der Waals surface area contributed by atoms with E-state index in [2.05, 4.69) is 0 Å². The van der Waals surface area contributed by atoms with Crippen LogP contribution in [0.2, 0.25) is 0 Å². The van der Waals surface area contributed by atoms with Gasteiger partial charge in [-0.2, -0.15) is 0 Å². The fourth-order valence-electron chi connectivity index (χ4n) is 2.77. The molecule has 2 unspecified atom stereocenters. The highest BCUT2D eigenvalue weighted by molar-refractivity contribution is 5.86. The highest BCUT2D eigenvalue weighted by Crippen LogP contribution is 2.29. The average molecular weight is 286 g/mol. The minimum absolute atomic E-state index is 0.0718. The van der Waals surface area contributed by atoms with Crippen molar-refractivity contribution in [3.63, 3.8) is 0 Å². The quantitative estimate of drug-likeness (QED) is 0.836. The van der Waals surface area contributed by atoms with E-state index in [4.69, 9.17) is 4.74 Å². The maximum absolute atomic E-state index is 12.7. The van der Waals surface area contributed by atoms with Gasteiger partial charge in [-0.05, 0) is 40.0 Å². The molecule has 1 saturated heterocycles. The summed E-state index contributed by atoms with van der Waals surface area (Å²) in [5, 5.41) is 9.48. The Morgan fingerprint density at radius 3 is 2.60 bits per heavy atom. The summed E-state index contributed by atoms with van der Waals surface area (Å²) < 4.78 is 5.09. The Labute approximate surface area is 120 Å². The molecule has 1 rings (SSSR count). The predicted molar refractivity (Wildman–Crippen MR) is 75.7 cm³/mol. The third kappa shape index (κ3) is 3.23. The highest BCUT2D eigenvalue weighted by Gasteiger charge is 2.45. The van der Waals surface area contributed by atoms with Crippen molar-refractivity contribution in [1.29, 1.82) is 0 Å². The number of amides is 2. The van der Waals surface area contributed by atoms with Crippen LogP contribution >= 0.6 is 0 Å². The van der Waals surface area contributed by atoms with Crippen LogP contribution in [0.4, 0.5) is 4.79 Å². The Kier molecular flexibility index (Phi) is 5.80. The molecular weight excluding hydrogens is 260 g/mol. The Hall–Kier alpha value is -1.30. The van der Waals surface area contributed by atoms with Crippen LogP contribution in [0.25, 0.3) is 0 Å². The molecule has 20 heavy (non-hydrogen) atoms.